The van der Waals surface area contributed by atoms with Crippen LogP contribution in [0.1, 0.15) is 26.7 Å². The van der Waals surface area contributed by atoms with E-state index >= 15 is 0 Å². The highest BCUT2D eigenvalue weighted by Crippen LogP contribution is 2.27. The van der Waals surface area contributed by atoms with E-state index in [0.717, 1.165) is 23.3 Å². The Morgan fingerprint density at radius 3 is 2.32 bits per heavy atom. The molecule has 0 atom stereocenters. The Labute approximate surface area is 129 Å². The first kappa shape index (κ1) is 16.0. The third-order valence-electron chi connectivity index (χ3n) is 3.10. The second-order valence-corrected chi connectivity index (χ2v) is 4.85. The van der Waals surface area contributed by atoms with E-state index in [-0.39, 0.29) is 12.2 Å². The molecule has 0 aromatic heterocycles. The fourth-order valence-corrected chi connectivity index (χ4v) is 1.92. The van der Waals surface area contributed by atoms with Crippen LogP contribution in [0.25, 0.3) is 11.1 Å². The number of esters is 1. The Kier molecular flexibility index (Phi) is 5.53. The molecule has 22 heavy (non-hydrogen) atoms. The fraction of sp³-hybridized carbons (Fsp3) is 0.278. The topological polar surface area (TPSA) is 35.5 Å². The predicted molar refractivity (Wildman–Crippen MR) is 83.5 cm³/mol. The second kappa shape index (κ2) is 7.59. The van der Waals surface area contributed by atoms with Crippen molar-refractivity contribution in [2.24, 2.45) is 0 Å². The zero-order valence-corrected chi connectivity index (χ0v) is 12.8. The number of halogens is 1. The molecule has 3 nitrogen and oxygen atoms in total. The van der Waals surface area contributed by atoms with Crippen molar-refractivity contribution >= 4 is 5.97 Å². The minimum Gasteiger partial charge on any atom is -0.494 e. The standard InChI is InChI=1S/C18H19FO3/c1-3-11-21-15-8-5-13(6-9-15)14-7-10-17(16(19)12-14)22-18(20)4-2/h5-10,12H,3-4,11H2,1-2H3. The van der Waals surface area contributed by atoms with Gasteiger partial charge >= 0.3 is 5.97 Å². The second-order valence-electron chi connectivity index (χ2n) is 4.85. The summed E-state index contributed by atoms with van der Waals surface area (Å²) in [5.41, 5.74) is 1.59. The molecule has 2 aromatic rings. The predicted octanol–water partition coefficient (Wildman–Crippen LogP) is 4.60. The van der Waals surface area contributed by atoms with Gasteiger partial charge in [0.2, 0.25) is 0 Å². The molecule has 4 heteroatoms. The van der Waals surface area contributed by atoms with Crippen molar-refractivity contribution in [3.8, 4) is 22.6 Å². The summed E-state index contributed by atoms with van der Waals surface area (Å²) in [6, 6.07) is 12.0. The number of carbonyl (C=O) groups is 1. The minimum atomic E-state index is -0.550. The highest BCUT2D eigenvalue weighted by Gasteiger charge is 2.09. The van der Waals surface area contributed by atoms with Gasteiger partial charge in [0.1, 0.15) is 5.75 Å². The van der Waals surface area contributed by atoms with Gasteiger partial charge in [-0.2, -0.15) is 0 Å². The molecule has 0 fully saturated rings. The highest BCUT2D eigenvalue weighted by molar-refractivity contribution is 5.72. The summed E-state index contributed by atoms with van der Waals surface area (Å²) in [6.45, 7) is 4.38. The molecule has 0 saturated carbocycles. The van der Waals surface area contributed by atoms with E-state index in [9.17, 15) is 9.18 Å². The smallest absolute Gasteiger partial charge is 0.310 e. The summed E-state index contributed by atoms with van der Waals surface area (Å²) in [5, 5.41) is 0. The fourth-order valence-electron chi connectivity index (χ4n) is 1.92. The maximum absolute atomic E-state index is 14.0. The maximum Gasteiger partial charge on any atom is 0.310 e. The third kappa shape index (κ3) is 4.07. The van der Waals surface area contributed by atoms with Gasteiger partial charge in [-0.05, 0) is 41.8 Å². The van der Waals surface area contributed by atoms with E-state index in [4.69, 9.17) is 9.47 Å². The third-order valence-corrected chi connectivity index (χ3v) is 3.10. The normalized spacial score (nSPS) is 10.3. The molecule has 0 N–H and O–H groups in total. The summed E-state index contributed by atoms with van der Waals surface area (Å²) in [6.07, 6.45) is 1.16. The molecule has 0 spiro atoms. The Hall–Kier alpha value is -2.36. The van der Waals surface area contributed by atoms with Crippen molar-refractivity contribution in [1.29, 1.82) is 0 Å². The van der Waals surface area contributed by atoms with Crippen molar-refractivity contribution < 1.29 is 18.7 Å². The van der Waals surface area contributed by atoms with Crippen LogP contribution in [-0.4, -0.2) is 12.6 Å². The first-order valence-electron chi connectivity index (χ1n) is 7.37. The summed E-state index contributed by atoms with van der Waals surface area (Å²) in [5.74, 6) is -0.257. The van der Waals surface area contributed by atoms with Crippen LogP contribution in [-0.2, 0) is 4.79 Å². The zero-order chi connectivity index (χ0) is 15.9. The van der Waals surface area contributed by atoms with Crippen LogP contribution in [0.15, 0.2) is 42.5 Å². The molecule has 0 aliphatic heterocycles. The summed E-state index contributed by atoms with van der Waals surface area (Å²) >= 11 is 0. The van der Waals surface area contributed by atoms with Crippen molar-refractivity contribution in [1.82, 2.24) is 0 Å². The van der Waals surface area contributed by atoms with Crippen LogP contribution in [0, 0.1) is 5.82 Å². The number of benzene rings is 2. The van der Waals surface area contributed by atoms with Gasteiger partial charge in [-0.25, -0.2) is 4.39 Å². The van der Waals surface area contributed by atoms with Crippen LogP contribution in [0.3, 0.4) is 0 Å². The van der Waals surface area contributed by atoms with Gasteiger partial charge in [-0.1, -0.05) is 32.0 Å². The molecule has 2 aromatic carbocycles. The van der Waals surface area contributed by atoms with Crippen molar-refractivity contribution in [3.05, 3.63) is 48.3 Å². The van der Waals surface area contributed by atoms with Crippen LogP contribution >= 0.6 is 0 Å². The van der Waals surface area contributed by atoms with Gasteiger partial charge < -0.3 is 9.47 Å². The molecule has 0 heterocycles. The lowest BCUT2D eigenvalue weighted by atomic mass is 10.1. The first-order chi connectivity index (χ1) is 10.6. The van der Waals surface area contributed by atoms with Crippen LogP contribution < -0.4 is 9.47 Å². The zero-order valence-electron chi connectivity index (χ0n) is 12.8. The van der Waals surface area contributed by atoms with Crippen molar-refractivity contribution in [2.75, 3.05) is 6.61 Å². The lowest BCUT2D eigenvalue weighted by molar-refractivity contribution is -0.134. The Morgan fingerprint density at radius 2 is 1.73 bits per heavy atom. The SMILES string of the molecule is CCCOc1ccc(-c2ccc(OC(=O)CC)c(F)c2)cc1. The van der Waals surface area contributed by atoms with E-state index in [1.54, 1.807) is 13.0 Å². The monoisotopic (exact) mass is 302 g/mol. The average molecular weight is 302 g/mol. The molecular weight excluding hydrogens is 283 g/mol. The number of hydrogen-bond acceptors (Lipinski definition) is 3. The quantitative estimate of drug-likeness (QED) is 0.578. The van der Waals surface area contributed by atoms with E-state index in [2.05, 4.69) is 0 Å². The molecule has 0 unspecified atom stereocenters. The molecule has 0 radical (unpaired) electrons. The summed E-state index contributed by atoms with van der Waals surface area (Å²) in [4.78, 5) is 11.2. The van der Waals surface area contributed by atoms with E-state index in [1.165, 1.54) is 12.1 Å². The van der Waals surface area contributed by atoms with Gasteiger partial charge in [0.25, 0.3) is 0 Å². The van der Waals surface area contributed by atoms with Gasteiger partial charge in [0.05, 0.1) is 6.61 Å². The van der Waals surface area contributed by atoms with Crippen LogP contribution in [0.2, 0.25) is 0 Å². The van der Waals surface area contributed by atoms with Gasteiger partial charge in [0, 0.05) is 6.42 Å². The molecule has 0 aliphatic rings. The van der Waals surface area contributed by atoms with E-state index in [0.29, 0.717) is 6.61 Å². The molecule has 0 saturated heterocycles. The van der Waals surface area contributed by atoms with Crippen LogP contribution in [0.4, 0.5) is 4.39 Å². The number of hydrogen-bond donors (Lipinski definition) is 0. The number of carbonyl (C=O) groups excluding carboxylic acids is 1. The van der Waals surface area contributed by atoms with Crippen LogP contribution in [0.5, 0.6) is 11.5 Å². The highest BCUT2D eigenvalue weighted by atomic mass is 19.1. The largest absolute Gasteiger partial charge is 0.494 e. The first-order valence-corrected chi connectivity index (χ1v) is 7.37. The molecular formula is C18H19FO3. The lowest BCUT2D eigenvalue weighted by Gasteiger charge is -2.08. The van der Waals surface area contributed by atoms with Gasteiger partial charge in [0.15, 0.2) is 11.6 Å². The molecule has 0 amide bonds. The lowest BCUT2D eigenvalue weighted by Crippen LogP contribution is -2.06. The van der Waals surface area contributed by atoms with E-state index < -0.39 is 11.8 Å². The molecule has 2 rings (SSSR count). The molecule has 116 valence electrons. The Balaban J connectivity index is 2.15. The average Bonchev–Trinajstić information content (AvgIpc) is 2.55. The maximum atomic E-state index is 14.0. The van der Waals surface area contributed by atoms with Gasteiger partial charge in [-0.15, -0.1) is 0 Å². The summed E-state index contributed by atoms with van der Waals surface area (Å²) in [7, 11) is 0. The van der Waals surface area contributed by atoms with Gasteiger partial charge in [-0.3, -0.25) is 4.79 Å². The number of rotatable bonds is 6. The minimum absolute atomic E-state index is 0.0431. The number of ether oxygens (including phenoxy) is 2. The van der Waals surface area contributed by atoms with E-state index in [1.807, 2.05) is 31.2 Å². The Morgan fingerprint density at radius 1 is 1.05 bits per heavy atom. The summed E-state index contributed by atoms with van der Waals surface area (Å²) < 4.78 is 24.4. The Bertz CT molecular complexity index is 635. The van der Waals surface area contributed by atoms with Crippen molar-refractivity contribution in [3.63, 3.8) is 0 Å². The van der Waals surface area contributed by atoms with Crippen molar-refractivity contribution in [2.45, 2.75) is 26.7 Å². The molecule has 0 bridgehead atoms. The molecule has 0 aliphatic carbocycles.